The third kappa shape index (κ3) is 2.96. The van der Waals surface area contributed by atoms with E-state index in [1.807, 2.05) is 0 Å². The number of anilines is 2. The minimum atomic E-state index is 0.425. The lowest BCUT2D eigenvalue weighted by molar-refractivity contribution is 0.669. The number of nitrogens with two attached hydrogens (primary N) is 1. The molecule has 0 saturated heterocycles. The van der Waals surface area contributed by atoms with Gasteiger partial charge in [-0.1, -0.05) is 20.8 Å². The Morgan fingerprint density at radius 1 is 1.26 bits per heavy atom. The first kappa shape index (κ1) is 14.0. The molecule has 0 aliphatic rings. The van der Waals surface area contributed by atoms with Crippen LogP contribution in [-0.2, 0) is 6.42 Å². The molecule has 0 aliphatic carbocycles. The van der Waals surface area contributed by atoms with Crippen LogP contribution in [0.5, 0.6) is 0 Å². The summed E-state index contributed by atoms with van der Waals surface area (Å²) >= 11 is 1.70. The zero-order chi connectivity index (χ0) is 13.8. The molecule has 2 rings (SSSR count). The second-order valence-electron chi connectivity index (χ2n) is 4.48. The Hall–Kier alpha value is -1.40. The van der Waals surface area contributed by atoms with Crippen molar-refractivity contribution < 1.29 is 0 Å². The van der Waals surface area contributed by atoms with E-state index in [0.29, 0.717) is 12.0 Å². The summed E-state index contributed by atoms with van der Waals surface area (Å²) < 4.78 is 0. The average molecular weight is 279 g/mol. The van der Waals surface area contributed by atoms with E-state index in [1.165, 1.54) is 4.88 Å². The van der Waals surface area contributed by atoms with Crippen LogP contribution in [0.25, 0.3) is 10.2 Å². The molecule has 0 bridgehead atoms. The van der Waals surface area contributed by atoms with Gasteiger partial charge in [0.2, 0.25) is 5.95 Å². The van der Waals surface area contributed by atoms with Gasteiger partial charge < -0.3 is 5.32 Å². The van der Waals surface area contributed by atoms with E-state index in [1.54, 1.807) is 11.3 Å². The fraction of sp³-hybridized carbons (Fsp3) is 0.538. The fourth-order valence-electron chi connectivity index (χ4n) is 2.01. The Labute approximate surface area is 117 Å². The monoisotopic (exact) mass is 279 g/mol. The normalized spacial score (nSPS) is 11.2. The molecular formula is C13H21N5S. The summed E-state index contributed by atoms with van der Waals surface area (Å²) in [6.07, 6.45) is 3.15. The van der Waals surface area contributed by atoms with E-state index < -0.39 is 0 Å². The van der Waals surface area contributed by atoms with Crippen molar-refractivity contribution in [3.8, 4) is 0 Å². The van der Waals surface area contributed by atoms with E-state index in [4.69, 9.17) is 5.84 Å². The molecule has 0 atom stereocenters. The fourth-order valence-corrected chi connectivity index (χ4v) is 2.97. The number of hydrogen-bond acceptors (Lipinski definition) is 6. The highest BCUT2D eigenvalue weighted by molar-refractivity contribution is 7.18. The molecule has 5 nitrogen and oxygen atoms in total. The van der Waals surface area contributed by atoms with Crippen LogP contribution >= 0.6 is 11.3 Å². The molecule has 0 saturated carbocycles. The second-order valence-corrected chi connectivity index (χ2v) is 5.60. The van der Waals surface area contributed by atoms with Crippen LogP contribution in [0, 0.1) is 0 Å². The lowest BCUT2D eigenvalue weighted by Crippen LogP contribution is -2.19. The van der Waals surface area contributed by atoms with Gasteiger partial charge in [-0.2, -0.15) is 4.98 Å². The molecule has 0 unspecified atom stereocenters. The Balaban J connectivity index is 2.46. The number of fused-ring (bicyclic) bond motifs is 1. The third-order valence-corrected chi connectivity index (χ3v) is 4.42. The number of nitrogen functional groups attached to an aromatic ring is 1. The molecule has 104 valence electrons. The molecule has 6 heteroatoms. The van der Waals surface area contributed by atoms with Gasteiger partial charge in [0.15, 0.2) is 0 Å². The van der Waals surface area contributed by atoms with Crippen molar-refractivity contribution in [1.82, 2.24) is 9.97 Å². The molecular weight excluding hydrogens is 258 g/mol. The molecule has 0 aromatic carbocycles. The van der Waals surface area contributed by atoms with Gasteiger partial charge in [-0.3, -0.25) is 5.43 Å². The van der Waals surface area contributed by atoms with Gasteiger partial charge in [0.25, 0.3) is 0 Å². The summed E-state index contributed by atoms with van der Waals surface area (Å²) in [7, 11) is 0. The first-order valence-electron chi connectivity index (χ1n) is 6.75. The van der Waals surface area contributed by atoms with Gasteiger partial charge in [-0.15, -0.1) is 11.3 Å². The summed E-state index contributed by atoms with van der Waals surface area (Å²) in [4.78, 5) is 11.2. The van der Waals surface area contributed by atoms with Crippen LogP contribution in [0.2, 0.25) is 0 Å². The first-order valence-corrected chi connectivity index (χ1v) is 7.57. The predicted molar refractivity (Wildman–Crippen MR) is 82.6 cm³/mol. The predicted octanol–water partition coefficient (Wildman–Crippen LogP) is 3.14. The molecule has 2 aromatic heterocycles. The van der Waals surface area contributed by atoms with Crippen molar-refractivity contribution in [2.75, 3.05) is 10.7 Å². The molecule has 19 heavy (non-hydrogen) atoms. The van der Waals surface area contributed by atoms with Crippen molar-refractivity contribution in [3.63, 3.8) is 0 Å². The Kier molecular flexibility index (Phi) is 4.55. The van der Waals surface area contributed by atoms with Gasteiger partial charge in [0, 0.05) is 10.9 Å². The molecule has 4 N–H and O–H groups in total. The van der Waals surface area contributed by atoms with Crippen LogP contribution in [0.3, 0.4) is 0 Å². The molecule has 0 radical (unpaired) electrons. The average Bonchev–Trinajstić information content (AvgIpc) is 2.87. The number of rotatable bonds is 6. The topological polar surface area (TPSA) is 75.9 Å². The van der Waals surface area contributed by atoms with E-state index in [-0.39, 0.29) is 0 Å². The highest BCUT2D eigenvalue weighted by Crippen LogP contribution is 2.30. The van der Waals surface area contributed by atoms with Crippen LogP contribution in [0.1, 0.15) is 38.5 Å². The smallest absolute Gasteiger partial charge is 0.240 e. The summed E-state index contributed by atoms with van der Waals surface area (Å²) in [6.45, 7) is 6.49. The maximum absolute atomic E-state index is 5.45. The Morgan fingerprint density at radius 2 is 2.00 bits per heavy atom. The van der Waals surface area contributed by atoms with Crippen LogP contribution < -0.4 is 16.6 Å². The van der Waals surface area contributed by atoms with Gasteiger partial charge >= 0.3 is 0 Å². The molecule has 2 heterocycles. The molecule has 0 spiro atoms. The molecule has 0 aliphatic heterocycles. The van der Waals surface area contributed by atoms with E-state index in [9.17, 15) is 0 Å². The van der Waals surface area contributed by atoms with Crippen LogP contribution in [-0.4, -0.2) is 16.0 Å². The quantitative estimate of drug-likeness (QED) is 0.559. The summed E-state index contributed by atoms with van der Waals surface area (Å²) in [6, 6.07) is 2.60. The first-order chi connectivity index (χ1) is 9.21. The summed E-state index contributed by atoms with van der Waals surface area (Å²) in [5.41, 5.74) is 2.54. The summed E-state index contributed by atoms with van der Waals surface area (Å²) in [5, 5.41) is 4.58. The zero-order valence-corrected chi connectivity index (χ0v) is 12.5. The number of thiophene rings is 1. The van der Waals surface area contributed by atoms with E-state index in [2.05, 4.69) is 47.5 Å². The third-order valence-electron chi connectivity index (χ3n) is 3.25. The highest BCUT2D eigenvalue weighted by atomic mass is 32.1. The van der Waals surface area contributed by atoms with Crippen LogP contribution in [0.15, 0.2) is 6.07 Å². The van der Waals surface area contributed by atoms with Crippen molar-refractivity contribution in [2.24, 2.45) is 5.84 Å². The van der Waals surface area contributed by atoms with Gasteiger partial charge in [-0.25, -0.2) is 10.8 Å². The number of aryl methyl sites for hydroxylation is 1. The minimum absolute atomic E-state index is 0.425. The maximum atomic E-state index is 5.45. The highest BCUT2D eigenvalue weighted by Gasteiger charge is 2.13. The number of nitrogens with zero attached hydrogens (tertiary/aromatic N) is 2. The number of hydrazine groups is 1. The van der Waals surface area contributed by atoms with Gasteiger partial charge in [0.05, 0.1) is 5.39 Å². The zero-order valence-electron chi connectivity index (χ0n) is 11.7. The van der Waals surface area contributed by atoms with Crippen molar-refractivity contribution in [2.45, 2.75) is 46.1 Å². The van der Waals surface area contributed by atoms with E-state index >= 15 is 0 Å². The van der Waals surface area contributed by atoms with E-state index in [0.717, 1.165) is 35.3 Å². The van der Waals surface area contributed by atoms with Gasteiger partial charge in [-0.05, 0) is 25.3 Å². The largest absolute Gasteiger partial charge is 0.367 e. The van der Waals surface area contributed by atoms with Gasteiger partial charge in [0.1, 0.15) is 10.6 Å². The number of aromatic nitrogens is 2. The SMILES string of the molecule is CCc1cc2c(NC(CC)CC)nc(NN)nc2s1. The summed E-state index contributed by atoms with van der Waals surface area (Å²) in [5.74, 6) is 6.79. The maximum Gasteiger partial charge on any atom is 0.240 e. The van der Waals surface area contributed by atoms with Crippen LogP contribution in [0.4, 0.5) is 11.8 Å². The Morgan fingerprint density at radius 3 is 2.58 bits per heavy atom. The van der Waals surface area contributed by atoms with Crippen molar-refractivity contribution in [3.05, 3.63) is 10.9 Å². The molecule has 0 amide bonds. The number of nitrogens with one attached hydrogen (secondary N) is 2. The lowest BCUT2D eigenvalue weighted by atomic mass is 10.1. The van der Waals surface area contributed by atoms with Crippen molar-refractivity contribution in [1.29, 1.82) is 0 Å². The standard InChI is InChI=1S/C13H21N5S/c1-4-8(5-2)15-11-10-7-9(6-3)19-12(10)17-13(16-11)18-14/h7-8H,4-6,14H2,1-3H3,(H2,15,16,17,18). The minimum Gasteiger partial charge on any atom is -0.367 e. The molecule has 2 aromatic rings. The second kappa shape index (κ2) is 6.16. The van der Waals surface area contributed by atoms with Crippen molar-refractivity contribution >= 4 is 33.3 Å². The Bertz CT molecular complexity index is 547. The number of hydrogen-bond donors (Lipinski definition) is 3. The lowest BCUT2D eigenvalue weighted by Gasteiger charge is -2.16. The molecule has 0 fully saturated rings.